The Morgan fingerprint density at radius 2 is 2.58 bits per heavy atom. The molecule has 0 aromatic carbocycles. The Labute approximate surface area is 72.2 Å². The van der Waals surface area contributed by atoms with Gasteiger partial charge in [0.15, 0.2) is 6.39 Å². The van der Waals surface area contributed by atoms with Crippen molar-refractivity contribution in [1.82, 2.24) is 10.3 Å². The minimum atomic E-state index is 0.809. The Balaban J connectivity index is 1.63. The van der Waals surface area contributed by atoms with Crippen LogP contribution in [0.2, 0.25) is 0 Å². The van der Waals surface area contributed by atoms with E-state index < -0.39 is 0 Å². The number of nitrogens with zero attached hydrogens (tertiary/aromatic N) is 1. The average molecular weight is 166 g/mol. The van der Waals surface area contributed by atoms with Crippen molar-refractivity contribution in [1.29, 1.82) is 0 Å². The van der Waals surface area contributed by atoms with E-state index >= 15 is 0 Å². The Bertz CT molecular complexity index is 233. The Morgan fingerprint density at radius 1 is 1.75 bits per heavy atom. The van der Waals surface area contributed by atoms with Gasteiger partial charge in [0.25, 0.3) is 0 Å². The minimum absolute atomic E-state index is 0.809. The van der Waals surface area contributed by atoms with Crippen LogP contribution < -0.4 is 5.32 Å². The smallest absolute Gasteiger partial charge is 0.180 e. The lowest BCUT2D eigenvalue weighted by Gasteiger charge is -1.99. The van der Waals surface area contributed by atoms with Gasteiger partial charge < -0.3 is 9.73 Å². The molecule has 1 N–H and O–H groups in total. The van der Waals surface area contributed by atoms with E-state index in [-0.39, 0.29) is 0 Å². The molecule has 0 radical (unpaired) electrons. The van der Waals surface area contributed by atoms with Crippen LogP contribution in [-0.2, 0) is 6.54 Å². The summed E-state index contributed by atoms with van der Waals surface area (Å²) in [6.45, 7) is 4.21. The maximum atomic E-state index is 5.09. The molecule has 1 aromatic heterocycles. The molecule has 1 fully saturated rings. The second-order valence-electron chi connectivity index (χ2n) is 3.57. The van der Waals surface area contributed by atoms with Crippen molar-refractivity contribution in [3.05, 3.63) is 18.4 Å². The maximum absolute atomic E-state index is 5.09. The van der Waals surface area contributed by atoms with Gasteiger partial charge in [-0.25, -0.2) is 4.98 Å². The fourth-order valence-corrected chi connectivity index (χ4v) is 1.39. The first-order valence-electron chi connectivity index (χ1n) is 4.44. The molecule has 1 saturated carbocycles. The number of hydrogen-bond donors (Lipinski definition) is 1. The van der Waals surface area contributed by atoms with E-state index in [1.165, 1.54) is 12.8 Å². The SMILES string of the molecule is CC1CC1CNCc1cnco1. The van der Waals surface area contributed by atoms with Crippen LogP contribution in [0.5, 0.6) is 0 Å². The highest BCUT2D eigenvalue weighted by Crippen LogP contribution is 2.36. The number of hydrogen-bond acceptors (Lipinski definition) is 3. The van der Waals surface area contributed by atoms with Crippen molar-refractivity contribution < 1.29 is 4.42 Å². The lowest BCUT2D eigenvalue weighted by molar-refractivity contribution is 0.472. The molecule has 1 aliphatic carbocycles. The first-order valence-corrected chi connectivity index (χ1v) is 4.44. The molecule has 12 heavy (non-hydrogen) atoms. The van der Waals surface area contributed by atoms with E-state index in [2.05, 4.69) is 17.2 Å². The van der Waals surface area contributed by atoms with Crippen molar-refractivity contribution in [3.63, 3.8) is 0 Å². The van der Waals surface area contributed by atoms with Gasteiger partial charge in [0.2, 0.25) is 0 Å². The van der Waals surface area contributed by atoms with Crippen LogP contribution in [0.1, 0.15) is 19.1 Å². The summed E-state index contributed by atoms with van der Waals surface area (Å²) in [7, 11) is 0. The van der Waals surface area contributed by atoms with Crippen molar-refractivity contribution in [2.75, 3.05) is 6.54 Å². The van der Waals surface area contributed by atoms with Crippen molar-refractivity contribution in [2.45, 2.75) is 19.9 Å². The van der Waals surface area contributed by atoms with Gasteiger partial charge in [0.1, 0.15) is 5.76 Å². The summed E-state index contributed by atoms with van der Waals surface area (Å²) in [6.07, 6.45) is 4.60. The van der Waals surface area contributed by atoms with Crippen LogP contribution in [0, 0.1) is 11.8 Å². The minimum Gasteiger partial charge on any atom is -0.447 e. The molecule has 66 valence electrons. The van der Waals surface area contributed by atoms with E-state index in [1.807, 2.05) is 0 Å². The van der Waals surface area contributed by atoms with Gasteiger partial charge in [0.05, 0.1) is 12.7 Å². The van der Waals surface area contributed by atoms with Crippen molar-refractivity contribution in [3.8, 4) is 0 Å². The molecule has 2 unspecified atom stereocenters. The van der Waals surface area contributed by atoms with E-state index in [4.69, 9.17) is 4.42 Å². The highest BCUT2D eigenvalue weighted by Gasteiger charge is 2.31. The molecule has 1 aromatic rings. The van der Waals surface area contributed by atoms with Gasteiger partial charge in [-0.3, -0.25) is 0 Å². The number of oxazole rings is 1. The lowest BCUT2D eigenvalue weighted by atomic mass is 10.3. The molecular weight excluding hydrogens is 152 g/mol. The van der Waals surface area contributed by atoms with Crippen LogP contribution in [0.4, 0.5) is 0 Å². The van der Waals surface area contributed by atoms with Gasteiger partial charge in [-0.2, -0.15) is 0 Å². The molecule has 1 aliphatic rings. The molecule has 0 saturated heterocycles. The Kier molecular flexibility index (Phi) is 2.13. The third-order valence-electron chi connectivity index (χ3n) is 2.47. The van der Waals surface area contributed by atoms with E-state index in [9.17, 15) is 0 Å². The Morgan fingerprint density at radius 3 is 3.17 bits per heavy atom. The quantitative estimate of drug-likeness (QED) is 0.735. The first kappa shape index (κ1) is 7.80. The highest BCUT2D eigenvalue weighted by molar-refractivity contribution is 4.89. The maximum Gasteiger partial charge on any atom is 0.180 e. The molecule has 0 aliphatic heterocycles. The number of aromatic nitrogens is 1. The highest BCUT2D eigenvalue weighted by atomic mass is 16.3. The summed E-state index contributed by atoms with van der Waals surface area (Å²) in [5.41, 5.74) is 0. The van der Waals surface area contributed by atoms with Crippen LogP contribution in [0.15, 0.2) is 17.0 Å². The second kappa shape index (κ2) is 3.27. The van der Waals surface area contributed by atoms with Gasteiger partial charge in [-0.05, 0) is 24.8 Å². The zero-order valence-electron chi connectivity index (χ0n) is 7.29. The predicted octanol–water partition coefficient (Wildman–Crippen LogP) is 1.42. The molecular formula is C9H14N2O. The molecule has 0 amide bonds. The fraction of sp³-hybridized carbons (Fsp3) is 0.667. The summed E-state index contributed by atoms with van der Waals surface area (Å²) >= 11 is 0. The van der Waals surface area contributed by atoms with Gasteiger partial charge in [-0.15, -0.1) is 0 Å². The van der Waals surface area contributed by atoms with E-state index in [0.717, 1.165) is 30.7 Å². The molecule has 1 heterocycles. The molecule has 2 rings (SSSR count). The second-order valence-corrected chi connectivity index (χ2v) is 3.57. The van der Waals surface area contributed by atoms with Crippen molar-refractivity contribution in [2.24, 2.45) is 11.8 Å². The molecule has 3 nitrogen and oxygen atoms in total. The summed E-state index contributed by atoms with van der Waals surface area (Å²) in [4.78, 5) is 3.84. The molecule has 3 heteroatoms. The Hall–Kier alpha value is -0.830. The standard InChI is InChI=1S/C9H14N2O/c1-7-2-8(7)3-10-4-9-5-11-6-12-9/h5-8,10H,2-4H2,1H3. The van der Waals surface area contributed by atoms with Gasteiger partial charge in [-0.1, -0.05) is 6.92 Å². The van der Waals surface area contributed by atoms with E-state index in [0.29, 0.717) is 0 Å². The topological polar surface area (TPSA) is 38.1 Å². The van der Waals surface area contributed by atoms with Crippen LogP contribution in [0.25, 0.3) is 0 Å². The van der Waals surface area contributed by atoms with Crippen LogP contribution >= 0.6 is 0 Å². The number of rotatable bonds is 4. The first-order chi connectivity index (χ1) is 5.86. The zero-order valence-corrected chi connectivity index (χ0v) is 7.29. The van der Waals surface area contributed by atoms with Crippen LogP contribution in [-0.4, -0.2) is 11.5 Å². The van der Waals surface area contributed by atoms with E-state index in [1.54, 1.807) is 6.20 Å². The molecule has 0 bridgehead atoms. The third kappa shape index (κ3) is 1.85. The average Bonchev–Trinajstić information content (AvgIpc) is 2.58. The lowest BCUT2D eigenvalue weighted by Crippen LogP contribution is -2.16. The third-order valence-corrected chi connectivity index (χ3v) is 2.47. The largest absolute Gasteiger partial charge is 0.447 e. The summed E-state index contributed by atoms with van der Waals surface area (Å²) in [5, 5.41) is 3.35. The fourth-order valence-electron chi connectivity index (χ4n) is 1.39. The van der Waals surface area contributed by atoms with Gasteiger partial charge >= 0.3 is 0 Å². The van der Waals surface area contributed by atoms with Gasteiger partial charge in [0, 0.05) is 0 Å². The molecule has 0 spiro atoms. The normalized spacial score (nSPS) is 27.4. The molecule has 2 atom stereocenters. The predicted molar refractivity (Wildman–Crippen MR) is 45.5 cm³/mol. The number of nitrogens with one attached hydrogen (secondary N) is 1. The zero-order chi connectivity index (χ0) is 8.39. The van der Waals surface area contributed by atoms with Crippen molar-refractivity contribution >= 4 is 0 Å². The summed E-state index contributed by atoms with van der Waals surface area (Å²) < 4.78 is 5.09. The monoisotopic (exact) mass is 166 g/mol. The van der Waals surface area contributed by atoms with Crippen LogP contribution in [0.3, 0.4) is 0 Å². The summed E-state index contributed by atoms with van der Waals surface area (Å²) in [5.74, 6) is 2.74. The summed E-state index contributed by atoms with van der Waals surface area (Å²) in [6, 6.07) is 0.